The molecule has 0 fully saturated rings. The van der Waals surface area contributed by atoms with Crippen LogP contribution in [-0.2, 0) is 6.42 Å². The third kappa shape index (κ3) is 1.38. The summed E-state index contributed by atoms with van der Waals surface area (Å²) in [7, 11) is 0. The van der Waals surface area contributed by atoms with Crippen LogP contribution in [0.25, 0.3) is 0 Å². The molecule has 2 rings (SSSR count). The lowest BCUT2D eigenvalue weighted by atomic mass is 9.97. The van der Waals surface area contributed by atoms with Gasteiger partial charge in [-0.05, 0) is 28.8 Å². The highest BCUT2D eigenvalue weighted by Gasteiger charge is 2.32. The van der Waals surface area contributed by atoms with E-state index in [1.165, 1.54) is 11.3 Å². The van der Waals surface area contributed by atoms with Crippen molar-refractivity contribution >= 4 is 38.7 Å². The molecule has 0 radical (unpaired) electrons. The van der Waals surface area contributed by atoms with E-state index in [0.717, 1.165) is 17.7 Å². The number of hydrogen-bond donors (Lipinski definition) is 0. The van der Waals surface area contributed by atoms with Crippen molar-refractivity contribution in [2.45, 2.75) is 19.3 Å². The third-order valence-corrected chi connectivity index (χ3v) is 4.07. The Labute approximate surface area is 92.2 Å². The van der Waals surface area contributed by atoms with Crippen LogP contribution in [0.3, 0.4) is 0 Å². The third-order valence-electron chi connectivity index (χ3n) is 2.18. The van der Waals surface area contributed by atoms with Crippen molar-refractivity contribution in [3.05, 3.63) is 24.3 Å². The van der Waals surface area contributed by atoms with E-state index in [9.17, 15) is 14.9 Å². The number of hydrogen-bond acceptors (Lipinski definition) is 4. The molecule has 0 saturated heterocycles. The van der Waals surface area contributed by atoms with Gasteiger partial charge in [-0.3, -0.25) is 14.9 Å². The first-order chi connectivity index (χ1) is 6.61. The maximum Gasteiger partial charge on any atom is 0.305 e. The highest BCUT2D eigenvalue weighted by molar-refractivity contribution is 9.11. The smallest absolute Gasteiger partial charge is 0.294 e. The maximum absolute atomic E-state index is 11.5. The average molecular weight is 276 g/mol. The fourth-order valence-electron chi connectivity index (χ4n) is 1.60. The minimum Gasteiger partial charge on any atom is -0.294 e. The van der Waals surface area contributed by atoms with Crippen molar-refractivity contribution in [2.24, 2.45) is 0 Å². The van der Waals surface area contributed by atoms with Gasteiger partial charge in [0.25, 0.3) is 0 Å². The zero-order chi connectivity index (χ0) is 10.3. The Hall–Kier alpha value is -0.750. The molecule has 0 saturated carbocycles. The molecule has 1 aliphatic rings. The topological polar surface area (TPSA) is 60.2 Å². The monoisotopic (exact) mass is 275 g/mol. The van der Waals surface area contributed by atoms with E-state index in [-0.39, 0.29) is 11.5 Å². The van der Waals surface area contributed by atoms with Crippen molar-refractivity contribution < 1.29 is 9.72 Å². The minimum atomic E-state index is -0.483. The summed E-state index contributed by atoms with van der Waals surface area (Å²) in [5, 5.41) is 10.7. The lowest BCUT2D eigenvalue weighted by Gasteiger charge is -2.07. The first-order valence-electron chi connectivity index (χ1n) is 4.10. The second-order valence-electron chi connectivity index (χ2n) is 3.06. The largest absolute Gasteiger partial charge is 0.305 e. The predicted molar refractivity (Wildman–Crippen MR) is 55.9 cm³/mol. The Morgan fingerprint density at radius 3 is 2.79 bits per heavy atom. The molecule has 0 N–H and O–H groups in total. The molecule has 1 aliphatic carbocycles. The Morgan fingerprint density at radius 1 is 1.43 bits per heavy atom. The van der Waals surface area contributed by atoms with Crippen LogP contribution in [0, 0.1) is 10.1 Å². The van der Waals surface area contributed by atoms with Gasteiger partial charge in [0.1, 0.15) is 9.35 Å². The summed E-state index contributed by atoms with van der Waals surface area (Å²) in [4.78, 5) is 22.6. The van der Waals surface area contributed by atoms with Crippen molar-refractivity contribution in [1.82, 2.24) is 0 Å². The number of halogens is 1. The number of thiophene rings is 1. The molecule has 1 aromatic rings. The van der Waals surface area contributed by atoms with Crippen LogP contribution >= 0.6 is 27.3 Å². The number of carbonyl (C=O) groups is 1. The number of fused-ring (bicyclic) bond motifs is 1. The molecule has 14 heavy (non-hydrogen) atoms. The zero-order valence-electron chi connectivity index (χ0n) is 7.08. The fraction of sp³-hybridized carbons (Fsp3) is 0.375. The minimum absolute atomic E-state index is 0.0466. The number of rotatable bonds is 1. The summed E-state index contributed by atoms with van der Waals surface area (Å²) in [6.45, 7) is 0. The summed E-state index contributed by atoms with van der Waals surface area (Å²) in [6.07, 6.45) is 2.01. The van der Waals surface area contributed by atoms with Crippen LogP contribution in [0.15, 0.2) is 3.79 Å². The number of Topliss-reactive ketones (excluding diaryl/α,β-unsaturated/α-hetero) is 1. The summed E-state index contributed by atoms with van der Waals surface area (Å²) >= 11 is 4.43. The lowest BCUT2D eigenvalue weighted by molar-refractivity contribution is -0.385. The van der Waals surface area contributed by atoms with Crippen LogP contribution in [0.1, 0.15) is 28.1 Å². The van der Waals surface area contributed by atoms with Gasteiger partial charge in [0.2, 0.25) is 0 Å². The van der Waals surface area contributed by atoms with Gasteiger partial charge < -0.3 is 0 Å². The number of aryl methyl sites for hydroxylation is 1. The molecule has 6 heteroatoms. The molecule has 0 aromatic carbocycles. The first-order valence-corrected chi connectivity index (χ1v) is 5.71. The number of nitrogens with zero attached hydrogens (tertiary/aromatic N) is 1. The van der Waals surface area contributed by atoms with E-state index in [2.05, 4.69) is 15.9 Å². The van der Waals surface area contributed by atoms with Crippen molar-refractivity contribution in [1.29, 1.82) is 0 Å². The molecule has 74 valence electrons. The average Bonchev–Trinajstić information content (AvgIpc) is 2.42. The molecule has 0 spiro atoms. The molecular formula is C8H6BrNO3S. The molecule has 0 bridgehead atoms. The van der Waals surface area contributed by atoms with E-state index in [1.54, 1.807) is 0 Å². The van der Waals surface area contributed by atoms with E-state index >= 15 is 0 Å². The number of nitro groups is 1. The maximum atomic E-state index is 11.5. The van der Waals surface area contributed by atoms with Gasteiger partial charge in [0.15, 0.2) is 5.78 Å². The van der Waals surface area contributed by atoms with E-state index in [4.69, 9.17) is 0 Å². The van der Waals surface area contributed by atoms with Gasteiger partial charge in [-0.15, -0.1) is 11.3 Å². The lowest BCUT2D eigenvalue weighted by Crippen LogP contribution is -2.09. The van der Waals surface area contributed by atoms with Gasteiger partial charge in [0, 0.05) is 11.3 Å². The SMILES string of the molecule is O=C1CCCc2sc(Br)c([N+](=O)[O-])c21. The highest BCUT2D eigenvalue weighted by atomic mass is 79.9. The van der Waals surface area contributed by atoms with Crippen LogP contribution in [-0.4, -0.2) is 10.7 Å². The standard InChI is InChI=1S/C8H6BrNO3S/c9-8-7(10(12)13)6-4(11)2-1-3-5(6)14-8/h1-3H2. The molecule has 0 atom stereocenters. The first kappa shape index (κ1) is 9.79. The Bertz CT molecular complexity index is 426. The van der Waals surface area contributed by atoms with Crippen molar-refractivity contribution in [3.8, 4) is 0 Å². The van der Waals surface area contributed by atoms with E-state index < -0.39 is 4.92 Å². The Kier molecular flexibility index (Phi) is 2.40. The van der Waals surface area contributed by atoms with Crippen LogP contribution < -0.4 is 0 Å². The summed E-state index contributed by atoms with van der Waals surface area (Å²) in [6, 6.07) is 0. The molecule has 0 unspecified atom stereocenters. The van der Waals surface area contributed by atoms with Gasteiger partial charge in [0.05, 0.1) is 4.92 Å². The quantitative estimate of drug-likeness (QED) is 0.585. The van der Waals surface area contributed by atoms with Crippen LogP contribution in [0.4, 0.5) is 5.69 Å². The second kappa shape index (κ2) is 3.43. The van der Waals surface area contributed by atoms with Crippen molar-refractivity contribution in [3.63, 3.8) is 0 Å². The zero-order valence-corrected chi connectivity index (χ0v) is 9.48. The Balaban J connectivity index is 2.65. The summed E-state index contributed by atoms with van der Waals surface area (Å²) < 4.78 is 0.461. The molecule has 1 aromatic heterocycles. The fourth-order valence-corrected chi connectivity index (χ4v) is 3.58. The number of ketones is 1. The molecule has 0 amide bonds. The van der Waals surface area contributed by atoms with Gasteiger partial charge in [-0.1, -0.05) is 0 Å². The molecule has 4 nitrogen and oxygen atoms in total. The van der Waals surface area contributed by atoms with E-state index in [1.807, 2.05) is 0 Å². The van der Waals surface area contributed by atoms with Gasteiger partial charge >= 0.3 is 5.69 Å². The van der Waals surface area contributed by atoms with Crippen LogP contribution in [0.5, 0.6) is 0 Å². The molecule has 0 aliphatic heterocycles. The highest BCUT2D eigenvalue weighted by Crippen LogP contribution is 2.42. The second-order valence-corrected chi connectivity index (χ2v) is 5.48. The Morgan fingerprint density at radius 2 is 2.14 bits per heavy atom. The summed E-state index contributed by atoms with van der Waals surface area (Å²) in [5.74, 6) is -0.0973. The molecular weight excluding hydrogens is 270 g/mol. The summed E-state index contributed by atoms with van der Waals surface area (Å²) in [5.41, 5.74) is 0.285. The van der Waals surface area contributed by atoms with Crippen LogP contribution in [0.2, 0.25) is 0 Å². The van der Waals surface area contributed by atoms with Gasteiger partial charge in [-0.2, -0.15) is 0 Å². The normalized spacial score (nSPS) is 15.4. The predicted octanol–water partition coefficient (Wildman–Crippen LogP) is 2.94. The van der Waals surface area contributed by atoms with Crippen molar-refractivity contribution in [2.75, 3.05) is 0 Å². The molecule has 1 heterocycles. The number of carbonyl (C=O) groups excluding carboxylic acids is 1. The van der Waals surface area contributed by atoms with Gasteiger partial charge in [-0.25, -0.2) is 0 Å². The van der Waals surface area contributed by atoms with E-state index in [0.29, 0.717) is 15.8 Å².